The third-order valence-corrected chi connectivity index (χ3v) is 7.03. The fourth-order valence-electron chi connectivity index (χ4n) is 3.48. The number of hydrogen-bond donors (Lipinski definition) is 0. The van der Waals surface area contributed by atoms with E-state index in [9.17, 15) is 9.59 Å². The van der Waals surface area contributed by atoms with Gasteiger partial charge < -0.3 is 9.47 Å². The summed E-state index contributed by atoms with van der Waals surface area (Å²) < 4.78 is 11.2. The van der Waals surface area contributed by atoms with Crippen LogP contribution in [-0.2, 0) is 20.9 Å². The first-order valence-corrected chi connectivity index (χ1v) is 11.0. The van der Waals surface area contributed by atoms with Gasteiger partial charge in [0.2, 0.25) is 5.12 Å². The molecule has 1 aromatic heterocycles. The van der Waals surface area contributed by atoms with E-state index in [0.717, 1.165) is 28.4 Å². The molecule has 1 aliphatic heterocycles. The van der Waals surface area contributed by atoms with Gasteiger partial charge in [0.25, 0.3) is 5.19 Å². The second kappa shape index (κ2) is 7.72. The number of carbonyl (C=O) groups excluding carboxylic acids is 2. The van der Waals surface area contributed by atoms with E-state index in [1.54, 1.807) is 6.20 Å². The van der Waals surface area contributed by atoms with Crippen LogP contribution in [-0.4, -0.2) is 21.8 Å². The monoisotopic (exact) mass is 415 g/mol. The molecule has 0 bridgehead atoms. The number of rotatable bonds is 6. The minimum atomic E-state index is -0.219. The molecule has 2 atom stereocenters. The van der Waals surface area contributed by atoms with Gasteiger partial charge in [0.15, 0.2) is 0 Å². The molecular weight excluding hydrogens is 394 g/mol. The number of benzene rings is 1. The Bertz CT molecular complexity index is 919. The molecule has 2 fully saturated rings. The van der Waals surface area contributed by atoms with Gasteiger partial charge >= 0.3 is 5.97 Å². The van der Waals surface area contributed by atoms with Gasteiger partial charge in [-0.05, 0) is 29.9 Å². The van der Waals surface area contributed by atoms with E-state index in [4.69, 9.17) is 9.47 Å². The van der Waals surface area contributed by atoms with Crippen molar-refractivity contribution in [2.45, 2.75) is 26.9 Å². The second-order valence-corrected chi connectivity index (χ2v) is 9.66. The van der Waals surface area contributed by atoms with Crippen LogP contribution in [0.15, 0.2) is 48.2 Å². The largest absolute Gasteiger partial charge is 0.460 e. The van der Waals surface area contributed by atoms with Gasteiger partial charge in [-0.1, -0.05) is 61.2 Å². The Kier molecular flexibility index (Phi) is 5.29. The zero-order chi connectivity index (χ0) is 19.7. The molecule has 1 saturated heterocycles. The lowest BCUT2D eigenvalue weighted by molar-refractivity contribution is -0.147. The Morgan fingerprint density at radius 3 is 2.82 bits per heavy atom. The van der Waals surface area contributed by atoms with Crippen molar-refractivity contribution >= 4 is 34.2 Å². The number of para-hydroxylation sites is 1. The first-order chi connectivity index (χ1) is 13.4. The Balaban J connectivity index is 1.33. The van der Waals surface area contributed by atoms with Crippen LogP contribution in [0.1, 0.15) is 25.1 Å². The topological polar surface area (TPSA) is 65.5 Å². The highest BCUT2D eigenvalue weighted by molar-refractivity contribution is 8.14. The molecule has 1 aromatic carbocycles. The fourth-order valence-corrected chi connectivity index (χ4v) is 5.03. The number of carbonyl (C=O) groups is 2. The van der Waals surface area contributed by atoms with E-state index in [0.29, 0.717) is 5.19 Å². The lowest BCUT2D eigenvalue weighted by atomic mass is 10.1. The number of aromatic nitrogens is 1. The maximum absolute atomic E-state index is 12.6. The van der Waals surface area contributed by atoms with Crippen molar-refractivity contribution in [1.82, 2.24) is 4.98 Å². The lowest BCUT2D eigenvalue weighted by Gasteiger charge is -2.04. The first kappa shape index (κ1) is 19.2. The van der Waals surface area contributed by atoms with Gasteiger partial charge in [0.1, 0.15) is 12.4 Å². The van der Waals surface area contributed by atoms with Crippen LogP contribution < -0.4 is 4.74 Å². The Morgan fingerprint density at radius 1 is 1.32 bits per heavy atom. The molecule has 5 nitrogen and oxygen atoms in total. The minimum absolute atomic E-state index is 0.0658. The third kappa shape index (κ3) is 4.00. The molecule has 2 aromatic rings. The molecular formula is C21H21NO4S2. The van der Waals surface area contributed by atoms with Crippen LogP contribution in [0.4, 0.5) is 0 Å². The van der Waals surface area contributed by atoms with Gasteiger partial charge in [-0.25, -0.2) is 4.98 Å². The van der Waals surface area contributed by atoms with E-state index in [1.807, 2.05) is 50.3 Å². The SMILES string of the molecule is CC1(C)[C@H](C(=O)OCc2cnc(Oc3ccccc3)s2)[C@@H]1C=C1CCSC1=O. The molecule has 2 heterocycles. The number of nitrogens with zero attached hydrogens (tertiary/aromatic N) is 1. The van der Waals surface area contributed by atoms with E-state index >= 15 is 0 Å². The van der Waals surface area contributed by atoms with Gasteiger partial charge in [-0.15, -0.1) is 0 Å². The molecule has 0 radical (unpaired) electrons. The molecule has 0 spiro atoms. The lowest BCUT2D eigenvalue weighted by Crippen LogP contribution is -2.10. The zero-order valence-electron chi connectivity index (χ0n) is 15.7. The summed E-state index contributed by atoms with van der Waals surface area (Å²) in [6.07, 6.45) is 4.46. The Hall–Kier alpha value is -2.12. The van der Waals surface area contributed by atoms with Gasteiger partial charge in [0.05, 0.1) is 10.8 Å². The molecule has 1 aliphatic carbocycles. The number of allylic oxidation sites excluding steroid dienone is 1. The van der Waals surface area contributed by atoms with Crippen LogP contribution in [0.25, 0.3) is 0 Å². The predicted octanol–water partition coefficient (Wildman–Crippen LogP) is 4.84. The Morgan fingerprint density at radius 2 is 2.11 bits per heavy atom. The highest BCUT2D eigenvalue weighted by Crippen LogP contribution is 2.60. The molecule has 28 heavy (non-hydrogen) atoms. The molecule has 7 heteroatoms. The minimum Gasteiger partial charge on any atom is -0.460 e. The molecule has 0 N–H and O–H groups in total. The fraction of sp³-hybridized carbons (Fsp3) is 0.381. The average Bonchev–Trinajstić information content (AvgIpc) is 3.03. The second-order valence-electron chi connectivity index (χ2n) is 7.52. The molecule has 4 rings (SSSR count). The maximum atomic E-state index is 12.6. The van der Waals surface area contributed by atoms with Crippen LogP contribution in [0.5, 0.6) is 10.9 Å². The third-order valence-electron chi connectivity index (χ3n) is 5.25. The molecule has 0 amide bonds. The van der Waals surface area contributed by atoms with Crippen molar-refractivity contribution < 1.29 is 19.1 Å². The number of hydrogen-bond acceptors (Lipinski definition) is 7. The van der Waals surface area contributed by atoms with Crippen LogP contribution in [0.2, 0.25) is 0 Å². The van der Waals surface area contributed by atoms with Crippen molar-refractivity contribution in [3.8, 4) is 10.9 Å². The summed E-state index contributed by atoms with van der Waals surface area (Å²) in [4.78, 5) is 29.5. The summed E-state index contributed by atoms with van der Waals surface area (Å²) in [5, 5.41) is 0.661. The number of ether oxygens (including phenoxy) is 2. The summed E-state index contributed by atoms with van der Waals surface area (Å²) >= 11 is 2.71. The highest BCUT2D eigenvalue weighted by Gasteiger charge is 2.61. The smallest absolute Gasteiger partial charge is 0.310 e. The summed E-state index contributed by atoms with van der Waals surface area (Å²) in [6.45, 7) is 4.27. The van der Waals surface area contributed by atoms with Crippen LogP contribution in [0, 0.1) is 17.3 Å². The molecule has 146 valence electrons. The zero-order valence-corrected chi connectivity index (χ0v) is 17.3. The average molecular weight is 416 g/mol. The Labute approximate surface area is 172 Å². The maximum Gasteiger partial charge on any atom is 0.310 e. The standard InChI is InChI=1S/C21H21NO4S2/c1-21(2)16(10-13-8-9-27-19(13)24)17(21)18(23)25-12-15-11-22-20(28-15)26-14-6-4-3-5-7-14/h3-7,10-11,16-17H,8-9,12H2,1-2H3/t16-,17-/m0/s1. The van der Waals surface area contributed by atoms with Gasteiger partial charge in [-0.2, -0.15) is 0 Å². The molecule has 1 saturated carbocycles. The van der Waals surface area contributed by atoms with Crippen molar-refractivity contribution in [2.75, 3.05) is 5.75 Å². The predicted molar refractivity (Wildman–Crippen MR) is 109 cm³/mol. The molecule has 0 unspecified atom stereocenters. The van der Waals surface area contributed by atoms with Crippen LogP contribution >= 0.6 is 23.1 Å². The highest BCUT2D eigenvalue weighted by atomic mass is 32.2. The summed E-state index contributed by atoms with van der Waals surface area (Å²) in [5.74, 6) is 1.20. The summed E-state index contributed by atoms with van der Waals surface area (Å²) in [5.41, 5.74) is 0.677. The van der Waals surface area contributed by atoms with E-state index in [1.165, 1.54) is 23.1 Å². The van der Waals surface area contributed by atoms with E-state index < -0.39 is 0 Å². The van der Waals surface area contributed by atoms with Crippen LogP contribution in [0.3, 0.4) is 0 Å². The van der Waals surface area contributed by atoms with Crippen molar-refractivity contribution in [2.24, 2.45) is 17.3 Å². The first-order valence-electron chi connectivity index (χ1n) is 9.17. The van der Waals surface area contributed by atoms with Crippen molar-refractivity contribution in [3.63, 3.8) is 0 Å². The quantitative estimate of drug-likeness (QED) is 0.497. The number of thiazole rings is 1. The van der Waals surface area contributed by atoms with Crippen molar-refractivity contribution in [1.29, 1.82) is 0 Å². The van der Waals surface area contributed by atoms with Crippen molar-refractivity contribution in [3.05, 3.63) is 53.1 Å². The van der Waals surface area contributed by atoms with Gasteiger partial charge in [-0.3, -0.25) is 9.59 Å². The van der Waals surface area contributed by atoms with Gasteiger partial charge in [0, 0.05) is 17.5 Å². The summed E-state index contributed by atoms with van der Waals surface area (Å²) in [7, 11) is 0. The molecule has 2 aliphatic rings. The summed E-state index contributed by atoms with van der Waals surface area (Å²) in [6, 6.07) is 9.43. The number of thioether (sulfide) groups is 1. The van der Waals surface area contributed by atoms with E-state index in [2.05, 4.69) is 4.98 Å². The normalized spacial score (nSPS) is 24.4. The number of esters is 1. The van der Waals surface area contributed by atoms with E-state index in [-0.39, 0.29) is 34.9 Å².